The first-order valence-electron chi connectivity index (χ1n) is 8.22. The van der Waals surface area contributed by atoms with Gasteiger partial charge in [-0.2, -0.15) is 21.6 Å². The van der Waals surface area contributed by atoms with Crippen LogP contribution in [0.4, 0.5) is 17.6 Å². The Morgan fingerprint density at radius 2 is 1.86 bits per heavy atom. The summed E-state index contributed by atoms with van der Waals surface area (Å²) < 4.78 is 82.9. The van der Waals surface area contributed by atoms with Gasteiger partial charge in [-0.05, 0) is 46.4 Å². The molecule has 0 unspecified atom stereocenters. The second kappa shape index (κ2) is 8.36. The number of aromatic nitrogens is 1. The molecule has 0 radical (unpaired) electrons. The van der Waals surface area contributed by atoms with E-state index in [1.807, 2.05) is 0 Å². The van der Waals surface area contributed by atoms with Crippen molar-refractivity contribution in [1.82, 2.24) is 4.98 Å². The Bertz CT molecular complexity index is 1020. The van der Waals surface area contributed by atoms with E-state index in [0.717, 1.165) is 18.3 Å². The van der Waals surface area contributed by atoms with Gasteiger partial charge in [0.2, 0.25) is 5.88 Å². The average molecular weight is 435 g/mol. The first-order valence-corrected chi connectivity index (χ1v) is 9.63. The van der Waals surface area contributed by atoms with Crippen molar-refractivity contribution < 1.29 is 39.7 Å². The molecule has 2 aromatic rings. The van der Waals surface area contributed by atoms with Crippen LogP contribution in [0.3, 0.4) is 0 Å². The highest BCUT2D eigenvalue weighted by atomic mass is 32.2. The smallest absolute Gasteiger partial charge is 0.469 e. The number of hydrogen-bond acceptors (Lipinski definition) is 6. The van der Waals surface area contributed by atoms with Crippen LogP contribution in [0.25, 0.3) is 11.1 Å². The monoisotopic (exact) mass is 435 g/mol. The molecule has 0 fully saturated rings. The highest BCUT2D eigenvalue weighted by Gasteiger charge is 2.48. The van der Waals surface area contributed by atoms with Gasteiger partial charge in [-0.15, -0.1) is 0 Å². The lowest BCUT2D eigenvalue weighted by Crippen LogP contribution is -2.28. The summed E-state index contributed by atoms with van der Waals surface area (Å²) in [7, 11) is -4.74. The van der Waals surface area contributed by atoms with E-state index in [1.165, 1.54) is 19.2 Å². The SMILES string of the molecule is COC(=O)Cc1c(-c2ccnc(OS(=O)(=O)C(F)(F)F)c2)cc(F)cc1C(C)C. The van der Waals surface area contributed by atoms with E-state index in [9.17, 15) is 30.8 Å². The maximum Gasteiger partial charge on any atom is 0.534 e. The van der Waals surface area contributed by atoms with E-state index in [4.69, 9.17) is 0 Å². The summed E-state index contributed by atoms with van der Waals surface area (Å²) in [6, 6.07) is 4.58. The largest absolute Gasteiger partial charge is 0.534 e. The third kappa shape index (κ3) is 5.22. The van der Waals surface area contributed by atoms with Gasteiger partial charge in [-0.3, -0.25) is 4.79 Å². The van der Waals surface area contributed by atoms with Gasteiger partial charge in [-0.1, -0.05) is 13.8 Å². The molecule has 1 aromatic carbocycles. The summed E-state index contributed by atoms with van der Waals surface area (Å²) in [5.74, 6) is -2.28. The van der Waals surface area contributed by atoms with Crippen LogP contribution < -0.4 is 4.18 Å². The lowest BCUT2D eigenvalue weighted by molar-refractivity contribution is -0.139. The zero-order valence-electron chi connectivity index (χ0n) is 15.6. The van der Waals surface area contributed by atoms with Gasteiger partial charge < -0.3 is 8.92 Å². The van der Waals surface area contributed by atoms with Gasteiger partial charge >= 0.3 is 21.6 Å². The predicted molar refractivity (Wildman–Crippen MR) is 95.0 cm³/mol. The Hall–Kier alpha value is -2.69. The zero-order valence-corrected chi connectivity index (χ0v) is 16.4. The van der Waals surface area contributed by atoms with Crippen LogP contribution in [0.2, 0.25) is 0 Å². The van der Waals surface area contributed by atoms with Gasteiger partial charge in [0.25, 0.3) is 0 Å². The lowest BCUT2D eigenvalue weighted by Gasteiger charge is -2.18. The van der Waals surface area contributed by atoms with Gasteiger partial charge in [-0.25, -0.2) is 9.37 Å². The molecule has 0 atom stereocenters. The van der Waals surface area contributed by atoms with Crippen molar-refractivity contribution in [2.24, 2.45) is 0 Å². The molecule has 11 heteroatoms. The summed E-state index contributed by atoms with van der Waals surface area (Å²) in [5, 5.41) is 0. The molecular formula is C18H17F4NO5S. The van der Waals surface area contributed by atoms with Gasteiger partial charge in [0.15, 0.2) is 0 Å². The molecule has 1 aromatic heterocycles. The average Bonchev–Trinajstić information content (AvgIpc) is 2.61. The number of benzene rings is 1. The van der Waals surface area contributed by atoms with Gasteiger partial charge in [0.1, 0.15) is 5.82 Å². The van der Waals surface area contributed by atoms with Crippen molar-refractivity contribution in [3.63, 3.8) is 0 Å². The number of esters is 1. The summed E-state index contributed by atoms with van der Waals surface area (Å²) in [6.45, 7) is 3.55. The molecule has 29 heavy (non-hydrogen) atoms. The number of methoxy groups -OCH3 is 1. The fraction of sp³-hybridized carbons (Fsp3) is 0.333. The number of pyridine rings is 1. The maximum atomic E-state index is 14.2. The summed E-state index contributed by atoms with van der Waals surface area (Å²) in [5.41, 5.74) is -4.45. The van der Waals surface area contributed by atoms with E-state index in [1.54, 1.807) is 13.8 Å². The fourth-order valence-electron chi connectivity index (χ4n) is 2.63. The molecule has 0 saturated carbocycles. The maximum absolute atomic E-state index is 14.2. The van der Waals surface area contributed by atoms with Gasteiger partial charge in [0, 0.05) is 12.3 Å². The Morgan fingerprint density at radius 3 is 2.41 bits per heavy atom. The third-order valence-corrected chi connectivity index (χ3v) is 4.90. The number of rotatable bonds is 6. The molecule has 0 aliphatic carbocycles. The second-order valence-electron chi connectivity index (χ2n) is 6.29. The van der Waals surface area contributed by atoms with Crippen molar-refractivity contribution >= 4 is 16.1 Å². The van der Waals surface area contributed by atoms with Crippen molar-refractivity contribution in [1.29, 1.82) is 0 Å². The quantitative estimate of drug-likeness (QED) is 0.296. The summed E-state index contributed by atoms with van der Waals surface area (Å²) >= 11 is 0. The van der Waals surface area contributed by atoms with Crippen LogP contribution in [-0.2, 0) is 26.1 Å². The molecule has 0 spiro atoms. The standard InChI is InChI=1S/C18H17F4NO5S/c1-10(2)13-7-12(19)8-14(15(13)9-17(24)27-3)11-4-5-23-16(6-11)28-29(25,26)18(20,21)22/h4-8,10H,9H2,1-3H3. The predicted octanol–water partition coefficient (Wildman–Crippen LogP) is 3.96. The number of carbonyl (C=O) groups excluding carboxylic acids is 1. The Morgan fingerprint density at radius 1 is 1.21 bits per heavy atom. The molecule has 1 heterocycles. The van der Waals surface area contributed by atoms with Crippen LogP contribution in [0.1, 0.15) is 30.9 Å². The summed E-state index contributed by atoms with van der Waals surface area (Å²) in [4.78, 5) is 15.3. The van der Waals surface area contributed by atoms with E-state index in [0.29, 0.717) is 11.1 Å². The second-order valence-corrected chi connectivity index (χ2v) is 7.83. The van der Waals surface area contributed by atoms with Crippen LogP contribution in [0.15, 0.2) is 30.5 Å². The van der Waals surface area contributed by atoms with Crippen LogP contribution in [-0.4, -0.2) is 32.0 Å². The van der Waals surface area contributed by atoms with Gasteiger partial charge in [0.05, 0.1) is 13.5 Å². The minimum absolute atomic E-state index is 0.118. The molecule has 0 aliphatic rings. The first-order chi connectivity index (χ1) is 13.4. The number of halogens is 4. The molecule has 2 rings (SSSR count). The van der Waals surface area contributed by atoms with E-state index in [-0.39, 0.29) is 23.5 Å². The molecule has 0 N–H and O–H groups in total. The molecule has 0 aliphatic heterocycles. The molecule has 0 saturated heterocycles. The highest BCUT2D eigenvalue weighted by molar-refractivity contribution is 7.87. The third-order valence-electron chi connectivity index (χ3n) is 3.94. The Labute approximate surface area is 164 Å². The molecule has 0 amide bonds. The topological polar surface area (TPSA) is 82.6 Å². The van der Waals surface area contributed by atoms with E-state index in [2.05, 4.69) is 13.9 Å². The van der Waals surface area contributed by atoms with Crippen LogP contribution >= 0.6 is 0 Å². The van der Waals surface area contributed by atoms with E-state index < -0.39 is 33.3 Å². The minimum atomic E-state index is -5.92. The number of ether oxygens (including phenoxy) is 1. The number of hydrogen-bond donors (Lipinski definition) is 0. The van der Waals surface area contributed by atoms with Crippen LogP contribution in [0.5, 0.6) is 5.88 Å². The highest BCUT2D eigenvalue weighted by Crippen LogP contribution is 2.34. The van der Waals surface area contributed by atoms with Crippen molar-refractivity contribution in [2.75, 3.05) is 7.11 Å². The molecular weight excluding hydrogens is 418 g/mol. The Balaban J connectivity index is 2.61. The number of carbonyl (C=O) groups is 1. The molecule has 158 valence electrons. The zero-order chi connectivity index (χ0) is 22.0. The summed E-state index contributed by atoms with van der Waals surface area (Å²) in [6.07, 6.45) is 0.789. The minimum Gasteiger partial charge on any atom is -0.469 e. The Kier molecular flexibility index (Phi) is 6.51. The van der Waals surface area contributed by atoms with E-state index >= 15 is 0 Å². The van der Waals surface area contributed by atoms with Crippen molar-refractivity contribution in [2.45, 2.75) is 31.7 Å². The fourth-order valence-corrected chi connectivity index (χ4v) is 3.04. The molecule has 6 nitrogen and oxygen atoms in total. The van der Waals surface area contributed by atoms with Crippen molar-refractivity contribution in [3.05, 3.63) is 47.4 Å². The molecule has 0 bridgehead atoms. The van der Waals surface area contributed by atoms with Crippen LogP contribution in [0, 0.1) is 5.82 Å². The lowest BCUT2D eigenvalue weighted by atomic mass is 9.88. The first kappa shape index (κ1) is 22.6. The number of nitrogens with zero attached hydrogens (tertiary/aromatic N) is 1. The van der Waals surface area contributed by atoms with Crippen molar-refractivity contribution in [3.8, 4) is 17.0 Å². The number of alkyl halides is 3. The normalized spacial score (nSPS) is 12.1.